The first kappa shape index (κ1) is 14.5. The summed E-state index contributed by atoms with van der Waals surface area (Å²) in [6, 6.07) is 5.15. The van der Waals surface area contributed by atoms with Gasteiger partial charge in [-0.2, -0.15) is 0 Å². The van der Waals surface area contributed by atoms with Gasteiger partial charge in [-0.3, -0.25) is 9.59 Å². The van der Waals surface area contributed by atoms with Crippen molar-refractivity contribution in [1.82, 2.24) is 4.90 Å². The van der Waals surface area contributed by atoms with Crippen LogP contribution in [0.4, 0.5) is 5.69 Å². The number of amides is 2. The van der Waals surface area contributed by atoms with E-state index in [0.29, 0.717) is 25.1 Å². The minimum absolute atomic E-state index is 0.0591. The zero-order valence-corrected chi connectivity index (χ0v) is 11.4. The third-order valence-electron chi connectivity index (χ3n) is 3.20. The number of hydrogen-bond donors (Lipinski definition) is 2. The molecule has 1 aromatic rings. The fourth-order valence-electron chi connectivity index (χ4n) is 2.18. The van der Waals surface area contributed by atoms with Crippen LogP contribution in [0, 0.1) is 0 Å². The van der Waals surface area contributed by atoms with Gasteiger partial charge in [-0.05, 0) is 23.8 Å². The van der Waals surface area contributed by atoms with Crippen molar-refractivity contribution in [2.75, 3.05) is 38.7 Å². The second-order valence-electron chi connectivity index (χ2n) is 4.61. The summed E-state index contributed by atoms with van der Waals surface area (Å²) in [7, 11) is 1.56. The monoisotopic (exact) mass is 278 g/mol. The molecule has 6 heteroatoms. The molecule has 0 unspecified atom stereocenters. The molecule has 0 aliphatic carbocycles. The number of aliphatic hydroxyl groups excluding tert-OH is 1. The number of nitrogens with zero attached hydrogens (tertiary/aromatic N) is 1. The summed E-state index contributed by atoms with van der Waals surface area (Å²) in [4.78, 5) is 25.2. The third-order valence-corrected chi connectivity index (χ3v) is 3.20. The van der Waals surface area contributed by atoms with Gasteiger partial charge in [0.25, 0.3) is 5.91 Å². The molecular weight excluding hydrogens is 260 g/mol. The molecule has 6 nitrogen and oxygen atoms in total. The van der Waals surface area contributed by atoms with Crippen LogP contribution in [-0.4, -0.2) is 55.2 Å². The molecule has 0 bridgehead atoms. The van der Waals surface area contributed by atoms with Gasteiger partial charge in [0.15, 0.2) is 0 Å². The first-order valence-corrected chi connectivity index (χ1v) is 6.47. The van der Waals surface area contributed by atoms with E-state index in [1.807, 2.05) is 0 Å². The molecule has 0 fully saturated rings. The third kappa shape index (κ3) is 3.15. The number of ether oxygens (including phenoxy) is 1. The van der Waals surface area contributed by atoms with Gasteiger partial charge >= 0.3 is 0 Å². The smallest absolute Gasteiger partial charge is 0.254 e. The van der Waals surface area contributed by atoms with Gasteiger partial charge in [0.05, 0.1) is 19.6 Å². The van der Waals surface area contributed by atoms with Crippen LogP contribution in [0.2, 0.25) is 0 Å². The molecule has 108 valence electrons. The largest absolute Gasteiger partial charge is 0.395 e. The predicted molar refractivity (Wildman–Crippen MR) is 73.6 cm³/mol. The van der Waals surface area contributed by atoms with Crippen molar-refractivity contribution in [2.45, 2.75) is 6.42 Å². The van der Waals surface area contributed by atoms with E-state index in [1.54, 1.807) is 25.3 Å². The lowest BCUT2D eigenvalue weighted by Gasteiger charge is -2.21. The van der Waals surface area contributed by atoms with Crippen LogP contribution < -0.4 is 5.32 Å². The first-order chi connectivity index (χ1) is 9.65. The lowest BCUT2D eigenvalue weighted by Crippen LogP contribution is -2.36. The number of anilines is 1. The molecule has 0 spiro atoms. The average Bonchev–Trinajstić information content (AvgIpc) is 2.81. The summed E-state index contributed by atoms with van der Waals surface area (Å²) in [6.45, 7) is 0.998. The lowest BCUT2D eigenvalue weighted by molar-refractivity contribution is -0.115. The number of carbonyl (C=O) groups is 2. The molecule has 1 aliphatic rings. The molecular formula is C14H18N2O4. The van der Waals surface area contributed by atoms with Crippen molar-refractivity contribution in [3.8, 4) is 0 Å². The molecule has 0 radical (unpaired) electrons. The van der Waals surface area contributed by atoms with E-state index in [-0.39, 0.29) is 25.0 Å². The van der Waals surface area contributed by atoms with Gasteiger partial charge in [-0.15, -0.1) is 0 Å². The van der Waals surface area contributed by atoms with E-state index < -0.39 is 0 Å². The Kier molecular flexibility index (Phi) is 4.70. The fourth-order valence-corrected chi connectivity index (χ4v) is 2.18. The molecule has 2 N–H and O–H groups in total. The Bertz CT molecular complexity index is 516. The minimum Gasteiger partial charge on any atom is -0.395 e. The standard InChI is InChI=1S/C14H18N2O4/c1-20-7-5-16(4-6-17)14(19)10-2-3-12-11(8-10)9-13(18)15-12/h2-3,8,17H,4-7,9H2,1H3,(H,15,18). The number of rotatable bonds is 6. The Morgan fingerprint density at radius 2 is 2.25 bits per heavy atom. The quantitative estimate of drug-likeness (QED) is 0.782. The molecule has 0 aromatic heterocycles. The van der Waals surface area contributed by atoms with Gasteiger partial charge < -0.3 is 20.1 Å². The molecule has 0 saturated carbocycles. The SMILES string of the molecule is COCCN(CCO)C(=O)c1ccc2c(c1)CC(=O)N2. The molecule has 1 aromatic carbocycles. The normalized spacial score (nSPS) is 13.0. The maximum Gasteiger partial charge on any atom is 0.254 e. The van der Waals surface area contributed by atoms with Crippen LogP contribution in [0.5, 0.6) is 0 Å². The summed E-state index contributed by atoms with van der Waals surface area (Å²) < 4.78 is 4.96. The van der Waals surface area contributed by atoms with Gasteiger partial charge in [-0.25, -0.2) is 0 Å². The number of benzene rings is 1. The Labute approximate surface area is 117 Å². The Morgan fingerprint density at radius 3 is 2.95 bits per heavy atom. The second-order valence-corrected chi connectivity index (χ2v) is 4.61. The number of nitrogens with one attached hydrogen (secondary N) is 1. The maximum atomic E-state index is 12.4. The fraction of sp³-hybridized carbons (Fsp3) is 0.429. The Balaban J connectivity index is 2.15. The number of hydrogen-bond acceptors (Lipinski definition) is 4. The van der Waals surface area contributed by atoms with Crippen LogP contribution in [0.1, 0.15) is 15.9 Å². The number of methoxy groups -OCH3 is 1. The highest BCUT2D eigenvalue weighted by Crippen LogP contribution is 2.24. The molecule has 0 saturated heterocycles. The van der Waals surface area contributed by atoms with E-state index in [4.69, 9.17) is 9.84 Å². The van der Waals surface area contributed by atoms with Crippen molar-refractivity contribution < 1.29 is 19.4 Å². The second kappa shape index (κ2) is 6.49. The summed E-state index contributed by atoms with van der Waals surface area (Å²) >= 11 is 0. The Hall–Kier alpha value is -1.92. The van der Waals surface area contributed by atoms with Crippen LogP contribution in [-0.2, 0) is 16.0 Å². The summed E-state index contributed by atoms with van der Waals surface area (Å²) in [5.41, 5.74) is 2.11. The highest BCUT2D eigenvalue weighted by molar-refractivity contribution is 6.01. The summed E-state index contributed by atoms with van der Waals surface area (Å²) in [6.07, 6.45) is 0.300. The molecule has 2 rings (SSSR count). The van der Waals surface area contributed by atoms with E-state index in [2.05, 4.69) is 5.32 Å². The molecule has 0 atom stereocenters. The van der Waals surface area contributed by atoms with Gasteiger partial charge in [0.2, 0.25) is 5.91 Å². The van der Waals surface area contributed by atoms with E-state index in [0.717, 1.165) is 11.3 Å². The van der Waals surface area contributed by atoms with Crippen LogP contribution in [0.25, 0.3) is 0 Å². The highest BCUT2D eigenvalue weighted by Gasteiger charge is 2.21. The van der Waals surface area contributed by atoms with E-state index in [1.165, 1.54) is 4.90 Å². The van der Waals surface area contributed by atoms with Crippen LogP contribution in [0.3, 0.4) is 0 Å². The Morgan fingerprint density at radius 1 is 1.45 bits per heavy atom. The van der Waals surface area contributed by atoms with Crippen molar-refractivity contribution in [3.63, 3.8) is 0 Å². The molecule has 1 heterocycles. The van der Waals surface area contributed by atoms with E-state index in [9.17, 15) is 9.59 Å². The lowest BCUT2D eigenvalue weighted by atomic mass is 10.1. The van der Waals surface area contributed by atoms with Crippen molar-refractivity contribution >= 4 is 17.5 Å². The summed E-state index contributed by atoms with van der Waals surface area (Å²) in [5, 5.41) is 11.8. The average molecular weight is 278 g/mol. The number of aliphatic hydroxyl groups is 1. The molecule has 2 amide bonds. The van der Waals surface area contributed by atoms with Crippen molar-refractivity contribution in [1.29, 1.82) is 0 Å². The predicted octanol–water partition coefficient (Wildman–Crippen LogP) is 0.262. The van der Waals surface area contributed by atoms with Crippen molar-refractivity contribution in [3.05, 3.63) is 29.3 Å². The zero-order valence-electron chi connectivity index (χ0n) is 11.4. The van der Waals surface area contributed by atoms with Crippen LogP contribution in [0.15, 0.2) is 18.2 Å². The minimum atomic E-state index is -0.168. The highest BCUT2D eigenvalue weighted by atomic mass is 16.5. The van der Waals surface area contributed by atoms with E-state index >= 15 is 0 Å². The van der Waals surface area contributed by atoms with Gasteiger partial charge in [-0.1, -0.05) is 0 Å². The van der Waals surface area contributed by atoms with Crippen LogP contribution >= 0.6 is 0 Å². The summed E-state index contributed by atoms with van der Waals surface area (Å²) in [5.74, 6) is -0.227. The maximum absolute atomic E-state index is 12.4. The molecule has 1 aliphatic heterocycles. The van der Waals surface area contributed by atoms with Gasteiger partial charge in [0, 0.05) is 31.5 Å². The van der Waals surface area contributed by atoms with Crippen molar-refractivity contribution in [2.24, 2.45) is 0 Å². The van der Waals surface area contributed by atoms with Gasteiger partial charge in [0.1, 0.15) is 0 Å². The number of carbonyl (C=O) groups excluding carboxylic acids is 2. The zero-order chi connectivity index (χ0) is 14.5. The first-order valence-electron chi connectivity index (χ1n) is 6.47. The molecule has 20 heavy (non-hydrogen) atoms. The topological polar surface area (TPSA) is 78.9 Å². The number of fused-ring (bicyclic) bond motifs is 1.